The van der Waals surface area contributed by atoms with Gasteiger partial charge >= 0.3 is 6.03 Å². The van der Waals surface area contributed by atoms with Crippen molar-refractivity contribution < 1.29 is 9.72 Å². The van der Waals surface area contributed by atoms with Gasteiger partial charge in [-0.2, -0.15) is 0 Å². The Morgan fingerprint density at radius 3 is 2.37 bits per heavy atom. The molecular formula is C30H30N4O3S. The van der Waals surface area contributed by atoms with Crippen LogP contribution < -0.4 is 5.32 Å². The van der Waals surface area contributed by atoms with Gasteiger partial charge in [0.1, 0.15) is 0 Å². The number of nitro groups is 1. The highest BCUT2D eigenvalue weighted by atomic mass is 32.2. The van der Waals surface area contributed by atoms with Crippen LogP contribution in [0.25, 0.3) is 0 Å². The molecule has 8 heteroatoms. The summed E-state index contributed by atoms with van der Waals surface area (Å²) in [6, 6.07) is 24.2. The number of nitrogens with one attached hydrogen (secondary N) is 1. The highest BCUT2D eigenvalue weighted by Crippen LogP contribution is 2.34. The smallest absolute Gasteiger partial charge is 0.320 e. The van der Waals surface area contributed by atoms with E-state index in [1.54, 1.807) is 23.2 Å². The first-order chi connectivity index (χ1) is 18.3. The Bertz CT molecular complexity index is 1410. The van der Waals surface area contributed by atoms with Crippen LogP contribution in [0.4, 0.5) is 16.2 Å². The number of hydrogen-bond acceptors (Lipinski definition) is 5. The summed E-state index contributed by atoms with van der Waals surface area (Å²) in [5.74, 6) is 0. The predicted octanol–water partition coefficient (Wildman–Crippen LogP) is 7.34. The number of carbonyl (C=O) groups is 1. The summed E-state index contributed by atoms with van der Waals surface area (Å²) in [4.78, 5) is 32.8. The molecule has 0 aliphatic carbocycles. The monoisotopic (exact) mass is 526 g/mol. The molecule has 1 heterocycles. The van der Waals surface area contributed by atoms with E-state index in [0.717, 1.165) is 37.9 Å². The van der Waals surface area contributed by atoms with Gasteiger partial charge in [0.15, 0.2) is 0 Å². The lowest BCUT2D eigenvalue weighted by Crippen LogP contribution is -2.36. The second kappa shape index (κ2) is 12.4. The van der Waals surface area contributed by atoms with E-state index in [2.05, 4.69) is 10.3 Å². The van der Waals surface area contributed by atoms with Crippen LogP contribution in [-0.2, 0) is 13.0 Å². The molecule has 0 aliphatic rings. The molecule has 1 N–H and O–H groups in total. The van der Waals surface area contributed by atoms with Crippen molar-refractivity contribution >= 4 is 29.2 Å². The molecule has 0 fully saturated rings. The summed E-state index contributed by atoms with van der Waals surface area (Å²) in [5, 5.41) is 14.7. The third kappa shape index (κ3) is 6.98. The summed E-state index contributed by atoms with van der Waals surface area (Å²) < 4.78 is 0. The van der Waals surface area contributed by atoms with Gasteiger partial charge in [-0.15, -0.1) is 0 Å². The van der Waals surface area contributed by atoms with Crippen molar-refractivity contribution in [3.05, 3.63) is 123 Å². The van der Waals surface area contributed by atoms with Crippen LogP contribution >= 0.6 is 11.8 Å². The molecule has 38 heavy (non-hydrogen) atoms. The van der Waals surface area contributed by atoms with Gasteiger partial charge in [-0.05, 0) is 67.8 Å². The van der Waals surface area contributed by atoms with Gasteiger partial charge < -0.3 is 10.2 Å². The highest BCUT2D eigenvalue weighted by molar-refractivity contribution is 7.99. The van der Waals surface area contributed by atoms with E-state index in [9.17, 15) is 14.9 Å². The SMILES string of the molecule is Cc1ccc(Sc2ccc([N+](=O)[O-])cc2CN(CCc2ccccn2)C(=O)Nc2c(C)cccc2C)cc1. The number of amides is 2. The summed E-state index contributed by atoms with van der Waals surface area (Å²) in [5.41, 5.74) is 5.43. The van der Waals surface area contributed by atoms with E-state index < -0.39 is 4.92 Å². The van der Waals surface area contributed by atoms with Crippen LogP contribution in [-0.4, -0.2) is 27.4 Å². The Labute approximate surface area is 227 Å². The fourth-order valence-electron chi connectivity index (χ4n) is 4.09. The molecule has 0 saturated heterocycles. The number of anilines is 1. The number of non-ortho nitro benzene ring substituents is 1. The number of benzene rings is 3. The maximum atomic E-state index is 13.6. The minimum atomic E-state index is -0.404. The van der Waals surface area contributed by atoms with Crippen LogP contribution in [0.15, 0.2) is 94.9 Å². The van der Waals surface area contributed by atoms with Gasteiger partial charge in [-0.3, -0.25) is 15.1 Å². The maximum absolute atomic E-state index is 13.6. The molecule has 4 aromatic rings. The maximum Gasteiger partial charge on any atom is 0.322 e. The second-order valence-corrected chi connectivity index (χ2v) is 10.3. The van der Waals surface area contributed by atoms with Crippen molar-refractivity contribution in [2.75, 3.05) is 11.9 Å². The summed E-state index contributed by atoms with van der Waals surface area (Å²) in [7, 11) is 0. The van der Waals surface area contributed by atoms with Crippen molar-refractivity contribution in [3.8, 4) is 0 Å². The summed E-state index contributed by atoms with van der Waals surface area (Å²) in [6.45, 7) is 6.54. The molecule has 2 amide bonds. The third-order valence-corrected chi connectivity index (χ3v) is 7.36. The lowest BCUT2D eigenvalue weighted by molar-refractivity contribution is -0.385. The molecule has 0 radical (unpaired) electrons. The average Bonchev–Trinajstić information content (AvgIpc) is 2.91. The summed E-state index contributed by atoms with van der Waals surface area (Å²) >= 11 is 1.53. The third-order valence-electron chi connectivity index (χ3n) is 6.23. The number of carbonyl (C=O) groups excluding carboxylic acids is 1. The van der Waals surface area contributed by atoms with E-state index in [4.69, 9.17) is 0 Å². The van der Waals surface area contributed by atoms with Gasteiger partial charge in [0, 0.05) is 59.0 Å². The van der Waals surface area contributed by atoms with Gasteiger partial charge in [-0.1, -0.05) is 53.7 Å². The zero-order chi connectivity index (χ0) is 27.1. The molecule has 0 saturated carbocycles. The fourth-order valence-corrected chi connectivity index (χ4v) is 5.00. The Hall–Kier alpha value is -4.17. The van der Waals surface area contributed by atoms with E-state index >= 15 is 0 Å². The highest BCUT2D eigenvalue weighted by Gasteiger charge is 2.20. The molecule has 0 aliphatic heterocycles. The van der Waals surface area contributed by atoms with Gasteiger partial charge in [0.05, 0.1) is 4.92 Å². The Morgan fingerprint density at radius 1 is 0.974 bits per heavy atom. The fraction of sp³-hybridized carbons (Fsp3) is 0.200. The number of hydrogen-bond donors (Lipinski definition) is 1. The van der Waals surface area contributed by atoms with Crippen LogP contribution in [0.5, 0.6) is 0 Å². The molecule has 0 atom stereocenters. The molecule has 194 valence electrons. The molecule has 1 aromatic heterocycles. The van der Waals surface area contributed by atoms with Crippen molar-refractivity contribution in [2.45, 2.75) is 43.5 Å². The molecule has 0 bridgehead atoms. The molecule has 3 aromatic carbocycles. The van der Waals surface area contributed by atoms with Crippen molar-refractivity contribution in [1.82, 2.24) is 9.88 Å². The van der Waals surface area contributed by atoms with Crippen LogP contribution in [0.1, 0.15) is 27.9 Å². The van der Waals surface area contributed by atoms with E-state index in [-0.39, 0.29) is 18.3 Å². The van der Waals surface area contributed by atoms with Crippen LogP contribution in [0.3, 0.4) is 0 Å². The quantitative estimate of drug-likeness (QED) is 0.182. The Balaban J connectivity index is 1.66. The van der Waals surface area contributed by atoms with Gasteiger partial charge in [0.25, 0.3) is 5.69 Å². The number of aryl methyl sites for hydroxylation is 3. The number of urea groups is 1. The molecular weight excluding hydrogens is 496 g/mol. The average molecular weight is 527 g/mol. The largest absolute Gasteiger partial charge is 0.322 e. The standard InChI is InChI=1S/C30H30N4O3S/c1-21-10-13-27(14-11-21)38-28-15-12-26(34(36)37)19-24(28)20-33(18-16-25-9-4-5-17-31-25)30(35)32-29-22(2)7-6-8-23(29)3/h4-15,17,19H,16,18,20H2,1-3H3,(H,32,35). The van der Waals surface area contributed by atoms with E-state index in [1.165, 1.54) is 17.8 Å². The minimum Gasteiger partial charge on any atom is -0.320 e. The number of rotatable bonds is 9. The Kier molecular flexibility index (Phi) is 8.76. The number of para-hydroxylation sites is 1. The van der Waals surface area contributed by atoms with Crippen molar-refractivity contribution in [1.29, 1.82) is 0 Å². The van der Waals surface area contributed by atoms with Crippen molar-refractivity contribution in [3.63, 3.8) is 0 Å². The first-order valence-electron chi connectivity index (χ1n) is 12.3. The van der Waals surface area contributed by atoms with E-state index in [0.29, 0.717) is 18.5 Å². The predicted molar refractivity (Wildman–Crippen MR) is 152 cm³/mol. The summed E-state index contributed by atoms with van der Waals surface area (Å²) in [6.07, 6.45) is 2.28. The van der Waals surface area contributed by atoms with Crippen molar-refractivity contribution in [2.24, 2.45) is 0 Å². The molecule has 4 rings (SSSR count). The number of nitrogens with zero attached hydrogens (tertiary/aromatic N) is 3. The van der Waals surface area contributed by atoms with Gasteiger partial charge in [-0.25, -0.2) is 4.79 Å². The van der Waals surface area contributed by atoms with Crippen LogP contribution in [0, 0.1) is 30.9 Å². The minimum absolute atomic E-state index is 0.00640. The topological polar surface area (TPSA) is 88.4 Å². The second-order valence-electron chi connectivity index (χ2n) is 9.15. The Morgan fingerprint density at radius 2 is 1.71 bits per heavy atom. The zero-order valence-electron chi connectivity index (χ0n) is 21.7. The molecule has 7 nitrogen and oxygen atoms in total. The normalized spacial score (nSPS) is 10.7. The molecule has 0 unspecified atom stereocenters. The first-order valence-corrected chi connectivity index (χ1v) is 13.2. The van der Waals surface area contributed by atoms with E-state index in [1.807, 2.05) is 81.4 Å². The number of aromatic nitrogens is 1. The van der Waals surface area contributed by atoms with Gasteiger partial charge in [0.2, 0.25) is 0 Å². The number of nitro benzene ring substituents is 1. The molecule has 0 spiro atoms. The zero-order valence-corrected chi connectivity index (χ0v) is 22.5. The number of pyridine rings is 1. The lowest BCUT2D eigenvalue weighted by Gasteiger charge is -2.25. The lowest BCUT2D eigenvalue weighted by atomic mass is 10.1. The first kappa shape index (κ1) is 26.9. The van der Waals surface area contributed by atoms with Crippen LogP contribution in [0.2, 0.25) is 0 Å².